The first-order valence-corrected chi connectivity index (χ1v) is 7.13. The predicted octanol–water partition coefficient (Wildman–Crippen LogP) is 0.815. The summed E-state index contributed by atoms with van der Waals surface area (Å²) in [6, 6.07) is 1.30. The van der Waals surface area contributed by atoms with Crippen LogP contribution in [0.3, 0.4) is 0 Å². The van der Waals surface area contributed by atoms with E-state index < -0.39 is 5.97 Å². The summed E-state index contributed by atoms with van der Waals surface area (Å²) < 4.78 is 0. The number of hydrogen-bond donors (Lipinski definition) is 2. The molecule has 1 amide bonds. The molecule has 1 aromatic rings. The Hall–Kier alpha value is -2.18. The Balaban J connectivity index is 1.93. The van der Waals surface area contributed by atoms with Crippen molar-refractivity contribution in [1.29, 1.82) is 0 Å². The zero-order valence-electron chi connectivity index (χ0n) is 12.0. The van der Waals surface area contributed by atoms with E-state index in [1.807, 2.05) is 11.8 Å². The smallest absolute Gasteiger partial charge is 0.303 e. The van der Waals surface area contributed by atoms with Crippen LogP contribution in [0.25, 0.3) is 0 Å². The molecule has 1 fully saturated rings. The maximum absolute atomic E-state index is 12.3. The molecule has 2 atom stereocenters. The fourth-order valence-corrected chi connectivity index (χ4v) is 2.47. The van der Waals surface area contributed by atoms with Gasteiger partial charge in [0, 0.05) is 31.4 Å². The fourth-order valence-electron chi connectivity index (χ4n) is 2.47. The monoisotopic (exact) mass is 292 g/mol. The summed E-state index contributed by atoms with van der Waals surface area (Å²) in [5.41, 5.74) is 0. The van der Waals surface area contributed by atoms with Crippen molar-refractivity contribution in [2.24, 2.45) is 0 Å². The van der Waals surface area contributed by atoms with Gasteiger partial charge in [-0.2, -0.15) is 0 Å². The summed E-state index contributed by atoms with van der Waals surface area (Å²) in [6.45, 7) is 2.57. The van der Waals surface area contributed by atoms with Gasteiger partial charge in [-0.3, -0.25) is 9.59 Å². The molecule has 7 nitrogen and oxygen atoms in total. The number of aliphatic carboxylic acids is 1. The third kappa shape index (κ3) is 4.14. The second kappa shape index (κ2) is 7.01. The molecule has 114 valence electrons. The van der Waals surface area contributed by atoms with Crippen molar-refractivity contribution >= 4 is 17.8 Å². The average Bonchev–Trinajstić information content (AvgIpc) is 2.95. The third-order valence-electron chi connectivity index (χ3n) is 3.54. The molecule has 0 aliphatic carbocycles. The number of aromatic nitrogens is 2. The summed E-state index contributed by atoms with van der Waals surface area (Å²) >= 11 is 0. The van der Waals surface area contributed by atoms with E-state index in [9.17, 15) is 9.59 Å². The van der Waals surface area contributed by atoms with Crippen LogP contribution in [0.1, 0.15) is 32.6 Å². The first-order valence-electron chi connectivity index (χ1n) is 7.13. The van der Waals surface area contributed by atoms with E-state index in [4.69, 9.17) is 5.11 Å². The van der Waals surface area contributed by atoms with Gasteiger partial charge in [0.2, 0.25) is 11.9 Å². The van der Waals surface area contributed by atoms with E-state index in [0.717, 1.165) is 19.4 Å². The average molecular weight is 292 g/mol. The highest BCUT2D eigenvalue weighted by atomic mass is 16.4. The highest BCUT2D eigenvalue weighted by Gasteiger charge is 2.32. The fraction of sp³-hybridized carbons (Fsp3) is 0.571. The number of amides is 1. The molecule has 7 heteroatoms. The van der Waals surface area contributed by atoms with Crippen LogP contribution in [-0.2, 0) is 9.59 Å². The number of nitrogens with one attached hydrogen (secondary N) is 1. The number of carboxylic acid groups (broad SMARTS) is 1. The summed E-state index contributed by atoms with van der Waals surface area (Å²) in [6.07, 6.45) is 5.47. The number of carboxylic acids is 1. The van der Waals surface area contributed by atoms with Gasteiger partial charge in [0.1, 0.15) is 6.04 Å². The van der Waals surface area contributed by atoms with Gasteiger partial charge in [-0.05, 0) is 32.3 Å². The topological polar surface area (TPSA) is 95.4 Å². The Morgan fingerprint density at radius 3 is 2.86 bits per heavy atom. The molecular formula is C14H20N4O3. The maximum atomic E-state index is 12.3. The van der Waals surface area contributed by atoms with Crippen LogP contribution in [0.2, 0.25) is 0 Å². The first kappa shape index (κ1) is 15.2. The van der Waals surface area contributed by atoms with Crippen molar-refractivity contribution in [2.75, 3.05) is 11.4 Å². The number of anilines is 1. The van der Waals surface area contributed by atoms with Crippen molar-refractivity contribution in [3.05, 3.63) is 18.5 Å². The van der Waals surface area contributed by atoms with Crippen LogP contribution in [0.5, 0.6) is 0 Å². The molecule has 21 heavy (non-hydrogen) atoms. The van der Waals surface area contributed by atoms with E-state index in [1.54, 1.807) is 18.5 Å². The van der Waals surface area contributed by atoms with Crippen LogP contribution in [0, 0.1) is 0 Å². The lowest BCUT2D eigenvalue weighted by Crippen LogP contribution is -2.46. The van der Waals surface area contributed by atoms with Crippen LogP contribution >= 0.6 is 0 Å². The van der Waals surface area contributed by atoms with Crippen molar-refractivity contribution in [3.63, 3.8) is 0 Å². The van der Waals surface area contributed by atoms with Gasteiger partial charge in [-0.1, -0.05) is 0 Å². The van der Waals surface area contributed by atoms with Crippen LogP contribution in [0.4, 0.5) is 5.95 Å². The molecule has 1 aromatic heterocycles. The number of hydrogen-bond acceptors (Lipinski definition) is 5. The molecule has 0 bridgehead atoms. The Bertz CT molecular complexity index is 494. The maximum Gasteiger partial charge on any atom is 0.303 e. The molecule has 0 radical (unpaired) electrons. The minimum absolute atomic E-state index is 0.0532. The lowest BCUT2D eigenvalue weighted by atomic mass is 10.1. The van der Waals surface area contributed by atoms with Crippen LogP contribution < -0.4 is 10.2 Å². The quantitative estimate of drug-likeness (QED) is 0.805. The van der Waals surface area contributed by atoms with E-state index in [2.05, 4.69) is 15.3 Å². The Labute approximate surface area is 123 Å². The Morgan fingerprint density at radius 2 is 2.19 bits per heavy atom. The molecule has 1 aliphatic rings. The zero-order valence-corrected chi connectivity index (χ0v) is 12.0. The summed E-state index contributed by atoms with van der Waals surface area (Å²) in [5.74, 6) is -0.373. The van der Waals surface area contributed by atoms with Gasteiger partial charge in [0.15, 0.2) is 0 Å². The minimum atomic E-state index is -0.851. The second-order valence-corrected chi connectivity index (χ2v) is 5.24. The lowest BCUT2D eigenvalue weighted by Gasteiger charge is -2.25. The van der Waals surface area contributed by atoms with Gasteiger partial charge in [-0.25, -0.2) is 9.97 Å². The molecule has 0 spiro atoms. The SMILES string of the molecule is CC(CCC(=O)O)NC(=O)C1CCCN1c1ncccn1. The number of carbonyl (C=O) groups excluding carboxylic acids is 1. The summed E-state index contributed by atoms with van der Waals surface area (Å²) in [5, 5.41) is 11.5. The number of carbonyl (C=O) groups is 2. The van der Waals surface area contributed by atoms with Crippen molar-refractivity contribution < 1.29 is 14.7 Å². The Kier molecular flexibility index (Phi) is 5.08. The molecule has 2 N–H and O–H groups in total. The molecule has 2 heterocycles. The highest BCUT2D eigenvalue weighted by molar-refractivity contribution is 5.85. The number of nitrogens with zero attached hydrogens (tertiary/aromatic N) is 3. The van der Waals surface area contributed by atoms with Crippen molar-refractivity contribution in [2.45, 2.75) is 44.7 Å². The standard InChI is InChI=1S/C14H20N4O3/c1-10(5-6-12(19)20)17-13(21)11-4-2-9-18(11)14-15-7-3-8-16-14/h3,7-8,10-11H,2,4-6,9H2,1H3,(H,17,21)(H,19,20). The first-order chi connectivity index (χ1) is 10.1. The Morgan fingerprint density at radius 1 is 1.48 bits per heavy atom. The van der Waals surface area contributed by atoms with E-state index in [-0.39, 0.29) is 24.4 Å². The summed E-state index contributed by atoms with van der Waals surface area (Å²) in [4.78, 5) is 33.2. The van der Waals surface area contributed by atoms with Crippen molar-refractivity contribution in [1.82, 2.24) is 15.3 Å². The van der Waals surface area contributed by atoms with Gasteiger partial charge in [0.05, 0.1) is 0 Å². The highest BCUT2D eigenvalue weighted by Crippen LogP contribution is 2.22. The van der Waals surface area contributed by atoms with Gasteiger partial charge >= 0.3 is 5.97 Å². The molecule has 2 rings (SSSR count). The zero-order chi connectivity index (χ0) is 15.2. The van der Waals surface area contributed by atoms with Gasteiger partial charge < -0.3 is 15.3 Å². The second-order valence-electron chi connectivity index (χ2n) is 5.24. The van der Waals surface area contributed by atoms with Gasteiger partial charge in [-0.15, -0.1) is 0 Å². The lowest BCUT2D eigenvalue weighted by molar-refractivity contribution is -0.137. The van der Waals surface area contributed by atoms with Crippen molar-refractivity contribution in [3.8, 4) is 0 Å². The molecule has 1 aliphatic heterocycles. The summed E-state index contributed by atoms with van der Waals surface area (Å²) in [7, 11) is 0. The molecular weight excluding hydrogens is 272 g/mol. The third-order valence-corrected chi connectivity index (χ3v) is 3.54. The molecule has 0 aromatic carbocycles. The molecule has 1 saturated heterocycles. The van der Waals surface area contributed by atoms with E-state index in [0.29, 0.717) is 12.4 Å². The molecule has 2 unspecified atom stereocenters. The minimum Gasteiger partial charge on any atom is -0.481 e. The van der Waals surface area contributed by atoms with Gasteiger partial charge in [0.25, 0.3) is 0 Å². The largest absolute Gasteiger partial charge is 0.481 e. The van der Waals surface area contributed by atoms with E-state index >= 15 is 0 Å². The molecule has 0 saturated carbocycles. The predicted molar refractivity (Wildman–Crippen MR) is 76.9 cm³/mol. The number of rotatable bonds is 6. The van der Waals surface area contributed by atoms with Crippen LogP contribution in [0.15, 0.2) is 18.5 Å². The van der Waals surface area contributed by atoms with E-state index in [1.165, 1.54) is 0 Å². The normalized spacial score (nSPS) is 19.3. The van der Waals surface area contributed by atoms with Crippen LogP contribution in [-0.4, -0.2) is 45.6 Å².